The summed E-state index contributed by atoms with van der Waals surface area (Å²) < 4.78 is 0.734. The lowest BCUT2D eigenvalue weighted by Crippen LogP contribution is -2.26. The van der Waals surface area contributed by atoms with E-state index in [0.29, 0.717) is 5.56 Å². The molecule has 0 aliphatic carbocycles. The van der Waals surface area contributed by atoms with E-state index in [2.05, 4.69) is 20.8 Å². The topological polar surface area (TPSA) is 72.4 Å². The summed E-state index contributed by atoms with van der Waals surface area (Å²) in [5.41, 5.74) is 12.7. The normalized spacial score (nSPS) is 20.1. The number of carbonyl (C=O) groups excluding carboxylic acids is 1. The van der Waals surface area contributed by atoms with Crippen LogP contribution in [-0.4, -0.2) is 25.0 Å². The summed E-state index contributed by atoms with van der Waals surface area (Å²) in [6.07, 6.45) is 1.01. The minimum Gasteiger partial charge on any atom is -0.370 e. The van der Waals surface area contributed by atoms with E-state index in [9.17, 15) is 4.79 Å². The molecule has 0 bridgehead atoms. The fourth-order valence-electron chi connectivity index (χ4n) is 1.92. The summed E-state index contributed by atoms with van der Waals surface area (Å²) in [6, 6.07) is 5.81. The Morgan fingerprint density at radius 1 is 1.50 bits per heavy atom. The van der Waals surface area contributed by atoms with Crippen LogP contribution in [0.4, 0.5) is 5.69 Å². The zero-order chi connectivity index (χ0) is 11.7. The van der Waals surface area contributed by atoms with Gasteiger partial charge in [-0.3, -0.25) is 4.79 Å². The van der Waals surface area contributed by atoms with Crippen LogP contribution in [0.3, 0.4) is 0 Å². The Morgan fingerprint density at radius 2 is 2.25 bits per heavy atom. The molecule has 1 fully saturated rings. The lowest BCUT2D eigenvalue weighted by atomic mass is 10.2. The molecule has 1 saturated heterocycles. The van der Waals surface area contributed by atoms with Crippen molar-refractivity contribution >= 4 is 27.5 Å². The van der Waals surface area contributed by atoms with Gasteiger partial charge in [0, 0.05) is 29.3 Å². The molecule has 1 aliphatic heterocycles. The number of primary amides is 1. The van der Waals surface area contributed by atoms with Gasteiger partial charge < -0.3 is 16.4 Å². The van der Waals surface area contributed by atoms with Crippen molar-refractivity contribution in [1.82, 2.24) is 0 Å². The van der Waals surface area contributed by atoms with Crippen molar-refractivity contribution in [3.05, 3.63) is 28.2 Å². The first-order valence-corrected chi connectivity index (χ1v) is 5.97. The Balaban J connectivity index is 2.24. The van der Waals surface area contributed by atoms with Gasteiger partial charge in [-0.05, 0) is 40.5 Å². The SMILES string of the molecule is NC(=O)c1ccc(N2CCC(N)C2)cc1Br. The molecule has 0 saturated carbocycles. The number of hydrogen-bond donors (Lipinski definition) is 2. The standard InChI is InChI=1S/C11H14BrN3O/c12-10-5-8(1-2-9(10)11(14)16)15-4-3-7(13)6-15/h1-2,5,7H,3-4,6,13H2,(H2,14,16). The van der Waals surface area contributed by atoms with Crippen LogP contribution in [0.1, 0.15) is 16.8 Å². The van der Waals surface area contributed by atoms with Gasteiger partial charge in [-0.15, -0.1) is 0 Å². The second-order valence-corrected chi connectivity index (χ2v) is 4.88. The third-order valence-electron chi connectivity index (χ3n) is 2.81. The van der Waals surface area contributed by atoms with Gasteiger partial charge in [0.25, 0.3) is 0 Å². The molecule has 0 radical (unpaired) electrons. The minimum atomic E-state index is -0.420. The molecule has 16 heavy (non-hydrogen) atoms. The minimum absolute atomic E-state index is 0.245. The molecule has 1 aromatic rings. The summed E-state index contributed by atoms with van der Waals surface area (Å²) in [6.45, 7) is 1.83. The second kappa shape index (κ2) is 4.43. The molecular weight excluding hydrogens is 270 g/mol. The highest BCUT2D eigenvalue weighted by molar-refractivity contribution is 9.10. The first-order valence-electron chi connectivity index (χ1n) is 5.18. The number of nitrogens with two attached hydrogens (primary N) is 2. The predicted octanol–water partition coefficient (Wildman–Crippen LogP) is 1.09. The zero-order valence-corrected chi connectivity index (χ0v) is 10.4. The maximum Gasteiger partial charge on any atom is 0.249 e. The average molecular weight is 284 g/mol. The van der Waals surface area contributed by atoms with Crippen molar-refractivity contribution in [2.75, 3.05) is 18.0 Å². The van der Waals surface area contributed by atoms with Crippen molar-refractivity contribution < 1.29 is 4.79 Å². The van der Waals surface area contributed by atoms with Crippen molar-refractivity contribution in [3.8, 4) is 0 Å². The Morgan fingerprint density at radius 3 is 2.75 bits per heavy atom. The fraction of sp³-hybridized carbons (Fsp3) is 0.364. The Hall–Kier alpha value is -1.07. The van der Waals surface area contributed by atoms with Crippen LogP contribution in [0.25, 0.3) is 0 Å². The highest BCUT2D eigenvalue weighted by atomic mass is 79.9. The molecule has 5 heteroatoms. The summed E-state index contributed by atoms with van der Waals surface area (Å²) in [5.74, 6) is -0.420. The van der Waals surface area contributed by atoms with Gasteiger partial charge in [-0.25, -0.2) is 0 Å². The maximum atomic E-state index is 11.1. The van der Waals surface area contributed by atoms with Crippen LogP contribution in [0.5, 0.6) is 0 Å². The molecule has 1 unspecified atom stereocenters. The molecule has 2 rings (SSSR count). The number of amides is 1. The summed E-state index contributed by atoms with van der Waals surface area (Å²) in [5, 5.41) is 0. The molecule has 86 valence electrons. The Labute approximate surface area is 103 Å². The van der Waals surface area contributed by atoms with Crippen molar-refractivity contribution in [2.24, 2.45) is 11.5 Å². The summed E-state index contributed by atoms with van der Waals surface area (Å²) in [7, 11) is 0. The highest BCUT2D eigenvalue weighted by Crippen LogP contribution is 2.26. The van der Waals surface area contributed by atoms with E-state index >= 15 is 0 Å². The van der Waals surface area contributed by atoms with Crippen LogP contribution in [0.15, 0.2) is 22.7 Å². The molecule has 1 aliphatic rings. The van der Waals surface area contributed by atoms with Gasteiger partial charge in [0.1, 0.15) is 0 Å². The first kappa shape index (κ1) is 11.4. The number of carbonyl (C=O) groups is 1. The number of hydrogen-bond acceptors (Lipinski definition) is 3. The smallest absolute Gasteiger partial charge is 0.249 e. The largest absolute Gasteiger partial charge is 0.370 e. The monoisotopic (exact) mass is 283 g/mol. The number of anilines is 1. The predicted molar refractivity (Wildman–Crippen MR) is 67.5 cm³/mol. The third kappa shape index (κ3) is 2.20. The van der Waals surface area contributed by atoms with Gasteiger partial charge in [0.15, 0.2) is 0 Å². The van der Waals surface area contributed by atoms with E-state index in [4.69, 9.17) is 11.5 Å². The number of halogens is 1. The molecule has 1 atom stereocenters. The molecule has 1 amide bonds. The Kier molecular flexibility index (Phi) is 3.16. The van der Waals surface area contributed by atoms with Crippen LogP contribution in [0, 0.1) is 0 Å². The second-order valence-electron chi connectivity index (χ2n) is 4.02. The number of rotatable bonds is 2. The fourth-order valence-corrected chi connectivity index (χ4v) is 2.48. The van der Waals surface area contributed by atoms with Crippen LogP contribution < -0.4 is 16.4 Å². The molecule has 4 N–H and O–H groups in total. The van der Waals surface area contributed by atoms with Crippen molar-refractivity contribution in [2.45, 2.75) is 12.5 Å². The van der Waals surface area contributed by atoms with Crippen LogP contribution in [-0.2, 0) is 0 Å². The Bertz CT molecular complexity index is 422. The summed E-state index contributed by atoms with van der Waals surface area (Å²) >= 11 is 3.35. The molecular formula is C11H14BrN3O. The van der Waals surface area contributed by atoms with Gasteiger partial charge in [-0.2, -0.15) is 0 Å². The quantitative estimate of drug-likeness (QED) is 0.853. The van der Waals surface area contributed by atoms with E-state index in [1.807, 2.05) is 12.1 Å². The lowest BCUT2D eigenvalue weighted by molar-refractivity contribution is 0.0999. The van der Waals surface area contributed by atoms with Gasteiger partial charge in [0.2, 0.25) is 5.91 Å². The zero-order valence-electron chi connectivity index (χ0n) is 8.82. The van der Waals surface area contributed by atoms with Crippen molar-refractivity contribution in [3.63, 3.8) is 0 Å². The summed E-state index contributed by atoms with van der Waals surface area (Å²) in [4.78, 5) is 13.3. The number of nitrogens with zero attached hydrogens (tertiary/aromatic N) is 1. The van der Waals surface area contributed by atoms with Crippen LogP contribution >= 0.6 is 15.9 Å². The third-order valence-corrected chi connectivity index (χ3v) is 3.46. The molecule has 0 spiro atoms. The molecule has 4 nitrogen and oxygen atoms in total. The first-order chi connectivity index (χ1) is 7.58. The molecule has 1 heterocycles. The van der Waals surface area contributed by atoms with Crippen molar-refractivity contribution in [1.29, 1.82) is 0 Å². The molecule has 1 aromatic carbocycles. The van der Waals surface area contributed by atoms with Gasteiger partial charge >= 0.3 is 0 Å². The number of benzene rings is 1. The lowest BCUT2D eigenvalue weighted by Gasteiger charge is -2.18. The van der Waals surface area contributed by atoms with E-state index in [1.165, 1.54) is 0 Å². The van der Waals surface area contributed by atoms with E-state index in [0.717, 1.165) is 29.7 Å². The van der Waals surface area contributed by atoms with E-state index in [-0.39, 0.29) is 6.04 Å². The van der Waals surface area contributed by atoms with Gasteiger partial charge in [-0.1, -0.05) is 0 Å². The van der Waals surface area contributed by atoms with E-state index < -0.39 is 5.91 Å². The van der Waals surface area contributed by atoms with Gasteiger partial charge in [0.05, 0.1) is 5.56 Å². The maximum absolute atomic E-state index is 11.1. The molecule has 0 aromatic heterocycles. The van der Waals surface area contributed by atoms with E-state index in [1.54, 1.807) is 6.07 Å². The van der Waals surface area contributed by atoms with Crippen LogP contribution in [0.2, 0.25) is 0 Å². The highest BCUT2D eigenvalue weighted by Gasteiger charge is 2.20. The average Bonchev–Trinajstić information content (AvgIpc) is 2.64.